The van der Waals surface area contributed by atoms with Gasteiger partial charge in [0.05, 0.1) is 0 Å². The van der Waals surface area contributed by atoms with Crippen LogP contribution in [0.15, 0.2) is 36.5 Å². The summed E-state index contributed by atoms with van der Waals surface area (Å²) in [6.45, 7) is 4.43. The maximum absolute atomic E-state index is 10.0. The van der Waals surface area contributed by atoms with Crippen LogP contribution in [-0.4, -0.2) is 15.2 Å². The topological polar surface area (TPSA) is 53.4 Å². The molecule has 0 spiro atoms. The van der Waals surface area contributed by atoms with Crippen LogP contribution in [0.25, 0.3) is 0 Å². The molecule has 0 aliphatic carbocycles. The second kappa shape index (κ2) is 7.83. The van der Waals surface area contributed by atoms with Crippen molar-refractivity contribution in [3.8, 4) is 11.5 Å². The molecule has 0 fully saturated rings. The van der Waals surface area contributed by atoms with Crippen molar-refractivity contribution in [2.45, 2.75) is 51.9 Å². The molecule has 3 heteroatoms. The van der Waals surface area contributed by atoms with Crippen molar-refractivity contribution in [3.63, 3.8) is 0 Å². The van der Waals surface area contributed by atoms with Gasteiger partial charge < -0.3 is 10.2 Å². The summed E-state index contributed by atoms with van der Waals surface area (Å²) in [6, 6.07) is 8.90. The summed E-state index contributed by atoms with van der Waals surface area (Å²) in [5, 5.41) is 19.4. The fraction of sp³-hybridized carbons (Fsp3) is 0.421. The fourth-order valence-electron chi connectivity index (χ4n) is 3.00. The van der Waals surface area contributed by atoms with Crippen molar-refractivity contribution in [1.29, 1.82) is 0 Å². The van der Waals surface area contributed by atoms with E-state index in [4.69, 9.17) is 0 Å². The standard InChI is InChI=1S/C19H25NO2/c1-3-6-14(7-4-2)17-8-5-11-20-18(17)12-15-9-10-16(21)13-19(15)22/h5,8-11,13-14,21-22H,3-4,6-7,12H2,1-2H3. The van der Waals surface area contributed by atoms with E-state index in [1.54, 1.807) is 12.1 Å². The lowest BCUT2D eigenvalue weighted by atomic mass is 9.88. The molecule has 2 aromatic rings. The van der Waals surface area contributed by atoms with Gasteiger partial charge >= 0.3 is 0 Å². The summed E-state index contributed by atoms with van der Waals surface area (Å²) < 4.78 is 0. The Balaban J connectivity index is 2.31. The summed E-state index contributed by atoms with van der Waals surface area (Å²) in [5.41, 5.74) is 3.11. The summed E-state index contributed by atoms with van der Waals surface area (Å²) >= 11 is 0. The van der Waals surface area contributed by atoms with E-state index in [9.17, 15) is 10.2 Å². The molecular formula is C19H25NO2. The lowest BCUT2D eigenvalue weighted by Crippen LogP contribution is -2.05. The maximum atomic E-state index is 10.0. The van der Waals surface area contributed by atoms with Gasteiger partial charge in [-0.05, 0) is 36.5 Å². The van der Waals surface area contributed by atoms with Crippen LogP contribution < -0.4 is 0 Å². The number of nitrogens with zero attached hydrogens (tertiary/aromatic N) is 1. The Hall–Kier alpha value is -2.03. The molecule has 2 N–H and O–H groups in total. The van der Waals surface area contributed by atoms with Gasteiger partial charge in [-0.3, -0.25) is 4.98 Å². The number of hydrogen-bond donors (Lipinski definition) is 2. The zero-order chi connectivity index (χ0) is 15.9. The van der Waals surface area contributed by atoms with Crippen molar-refractivity contribution in [2.24, 2.45) is 0 Å². The number of rotatable bonds is 7. The first kappa shape index (κ1) is 16.3. The first-order valence-corrected chi connectivity index (χ1v) is 8.10. The number of aromatic nitrogens is 1. The van der Waals surface area contributed by atoms with E-state index in [0.717, 1.165) is 36.9 Å². The van der Waals surface area contributed by atoms with Crippen LogP contribution in [0.2, 0.25) is 0 Å². The monoisotopic (exact) mass is 299 g/mol. The Morgan fingerprint density at radius 1 is 1.05 bits per heavy atom. The van der Waals surface area contributed by atoms with Gasteiger partial charge in [-0.25, -0.2) is 0 Å². The van der Waals surface area contributed by atoms with Gasteiger partial charge in [0.15, 0.2) is 0 Å². The highest BCUT2D eigenvalue weighted by atomic mass is 16.3. The van der Waals surface area contributed by atoms with E-state index < -0.39 is 0 Å². The molecule has 1 aromatic carbocycles. The minimum Gasteiger partial charge on any atom is -0.508 e. The van der Waals surface area contributed by atoms with Gasteiger partial charge in [0, 0.05) is 29.9 Å². The molecule has 0 bridgehead atoms. The van der Waals surface area contributed by atoms with Gasteiger partial charge in [0.2, 0.25) is 0 Å². The quantitative estimate of drug-likeness (QED) is 0.774. The Morgan fingerprint density at radius 2 is 1.77 bits per heavy atom. The molecule has 2 rings (SSSR count). The average molecular weight is 299 g/mol. The van der Waals surface area contributed by atoms with Crippen molar-refractivity contribution in [2.75, 3.05) is 0 Å². The predicted octanol–water partition coefficient (Wildman–Crippen LogP) is 4.77. The molecule has 0 saturated carbocycles. The smallest absolute Gasteiger partial charge is 0.122 e. The highest BCUT2D eigenvalue weighted by molar-refractivity contribution is 5.42. The van der Waals surface area contributed by atoms with Crippen LogP contribution >= 0.6 is 0 Å². The number of phenols is 2. The molecule has 118 valence electrons. The zero-order valence-electron chi connectivity index (χ0n) is 13.4. The largest absolute Gasteiger partial charge is 0.508 e. The van der Waals surface area contributed by atoms with Gasteiger partial charge in [0.1, 0.15) is 11.5 Å². The van der Waals surface area contributed by atoms with Gasteiger partial charge in [-0.2, -0.15) is 0 Å². The highest BCUT2D eigenvalue weighted by Crippen LogP contribution is 2.31. The molecule has 1 heterocycles. The highest BCUT2D eigenvalue weighted by Gasteiger charge is 2.16. The van der Waals surface area contributed by atoms with Crippen LogP contribution in [0.5, 0.6) is 11.5 Å². The van der Waals surface area contributed by atoms with Gasteiger partial charge in [-0.1, -0.05) is 38.8 Å². The minimum absolute atomic E-state index is 0.0809. The Morgan fingerprint density at radius 3 is 2.41 bits per heavy atom. The molecule has 0 radical (unpaired) electrons. The number of pyridine rings is 1. The van der Waals surface area contributed by atoms with Crippen LogP contribution in [0.3, 0.4) is 0 Å². The van der Waals surface area contributed by atoms with E-state index in [-0.39, 0.29) is 11.5 Å². The van der Waals surface area contributed by atoms with E-state index >= 15 is 0 Å². The van der Waals surface area contributed by atoms with Crippen molar-refractivity contribution in [1.82, 2.24) is 4.98 Å². The SMILES string of the molecule is CCCC(CCC)c1cccnc1Cc1ccc(O)cc1O. The van der Waals surface area contributed by atoms with Crippen LogP contribution in [-0.2, 0) is 6.42 Å². The normalized spacial score (nSPS) is 11.0. The second-order valence-corrected chi connectivity index (χ2v) is 5.80. The predicted molar refractivity (Wildman–Crippen MR) is 89.4 cm³/mol. The first-order chi connectivity index (χ1) is 10.7. The molecule has 0 saturated heterocycles. The lowest BCUT2D eigenvalue weighted by molar-refractivity contribution is 0.446. The van der Waals surface area contributed by atoms with E-state index in [1.165, 1.54) is 11.6 Å². The van der Waals surface area contributed by atoms with Crippen LogP contribution in [0.1, 0.15) is 62.3 Å². The summed E-state index contributed by atoms with van der Waals surface area (Å²) in [7, 11) is 0. The molecule has 0 unspecified atom stereocenters. The van der Waals surface area contributed by atoms with Gasteiger partial charge in [-0.15, -0.1) is 0 Å². The third kappa shape index (κ3) is 4.00. The number of phenolic OH excluding ortho intramolecular Hbond substituents is 2. The molecule has 0 aliphatic rings. The van der Waals surface area contributed by atoms with E-state index in [0.29, 0.717) is 12.3 Å². The van der Waals surface area contributed by atoms with E-state index in [2.05, 4.69) is 24.9 Å². The van der Waals surface area contributed by atoms with Crippen LogP contribution in [0, 0.1) is 0 Å². The molecule has 0 atom stereocenters. The Kier molecular flexibility index (Phi) is 5.82. The van der Waals surface area contributed by atoms with Crippen molar-refractivity contribution in [3.05, 3.63) is 53.3 Å². The molecular weight excluding hydrogens is 274 g/mol. The minimum atomic E-state index is 0.0809. The molecule has 3 nitrogen and oxygen atoms in total. The summed E-state index contributed by atoms with van der Waals surface area (Å²) in [6.07, 6.45) is 7.03. The molecule has 0 amide bonds. The van der Waals surface area contributed by atoms with E-state index in [1.807, 2.05) is 12.3 Å². The average Bonchev–Trinajstić information content (AvgIpc) is 2.50. The molecule has 1 aromatic heterocycles. The maximum Gasteiger partial charge on any atom is 0.122 e. The number of benzene rings is 1. The number of aromatic hydroxyl groups is 2. The lowest BCUT2D eigenvalue weighted by Gasteiger charge is -2.19. The number of hydrogen-bond acceptors (Lipinski definition) is 3. The Bertz CT molecular complexity index is 604. The molecule has 22 heavy (non-hydrogen) atoms. The van der Waals surface area contributed by atoms with Gasteiger partial charge in [0.25, 0.3) is 0 Å². The Labute approximate surface area is 132 Å². The third-order valence-corrected chi connectivity index (χ3v) is 4.07. The molecule has 0 aliphatic heterocycles. The third-order valence-electron chi connectivity index (χ3n) is 4.07. The fourth-order valence-corrected chi connectivity index (χ4v) is 3.00. The van der Waals surface area contributed by atoms with Crippen molar-refractivity contribution < 1.29 is 10.2 Å². The first-order valence-electron chi connectivity index (χ1n) is 8.10. The summed E-state index contributed by atoms with van der Waals surface area (Å²) in [4.78, 5) is 4.55. The summed E-state index contributed by atoms with van der Waals surface area (Å²) in [5.74, 6) is 0.731. The zero-order valence-corrected chi connectivity index (χ0v) is 13.4. The van der Waals surface area contributed by atoms with Crippen LogP contribution in [0.4, 0.5) is 0 Å². The second-order valence-electron chi connectivity index (χ2n) is 5.80. The van der Waals surface area contributed by atoms with Crippen molar-refractivity contribution >= 4 is 0 Å².